The molecule has 0 spiro atoms. The fourth-order valence-electron chi connectivity index (χ4n) is 7.31. The van der Waals surface area contributed by atoms with Gasteiger partial charge in [0.1, 0.15) is 11.2 Å². The molecule has 0 saturated carbocycles. The van der Waals surface area contributed by atoms with Gasteiger partial charge < -0.3 is 4.42 Å². The molecule has 0 aliphatic heterocycles. The second-order valence-corrected chi connectivity index (χ2v) is 15.0. The third-order valence-electron chi connectivity index (χ3n) is 10.6. The first-order valence-corrected chi connectivity index (χ1v) is 21.5. The van der Waals surface area contributed by atoms with Crippen LogP contribution in [0.15, 0.2) is 180 Å². The van der Waals surface area contributed by atoms with E-state index in [-0.39, 0.29) is 0 Å². The lowest BCUT2D eigenvalue weighted by Gasteiger charge is -2.14. The van der Waals surface area contributed by atoms with E-state index in [1.54, 1.807) is 0 Å². The van der Waals surface area contributed by atoms with Gasteiger partial charge in [0.05, 0.1) is 0 Å². The van der Waals surface area contributed by atoms with Crippen molar-refractivity contribution in [2.45, 2.75) is 76.2 Å². The lowest BCUT2D eigenvalue weighted by Crippen LogP contribution is -1.91. The summed E-state index contributed by atoms with van der Waals surface area (Å²) in [7, 11) is 0. The summed E-state index contributed by atoms with van der Waals surface area (Å²) < 4.78 is 5.79. The van der Waals surface area contributed by atoms with Gasteiger partial charge in [0.15, 0.2) is 0 Å². The summed E-state index contributed by atoms with van der Waals surface area (Å²) in [5.74, 6) is 0. The van der Waals surface area contributed by atoms with Crippen molar-refractivity contribution in [1.82, 2.24) is 0 Å². The number of hydrogen-bond donors (Lipinski definition) is 0. The molecule has 0 atom stereocenters. The van der Waals surface area contributed by atoms with Crippen molar-refractivity contribution in [2.24, 2.45) is 0 Å². The second kappa shape index (κ2) is 21.5. The topological polar surface area (TPSA) is 13.1 Å². The van der Waals surface area contributed by atoms with E-state index in [4.69, 9.17) is 4.42 Å². The standard InChI is InChI=1S/C28H26.C14H12O.C13H12.2C2H6/c1-19-9-5-7-11-25(19)27-17-23(15-13-21(27)3)24-16-14-22(4)28(18-24)26-12-8-6-10-20(26)2;1-9-4-6-13-12(7-9)11-5-3-10(2)8-14(11)15-13;1-11-7-9-13(10-8-11)12-5-3-2-4-6-12;2*1-2/h5-18H,1-4H3;3-8H,1-2H3;2-10H,1H3;2*1-2H3. The average Bonchev–Trinajstić information content (AvgIpc) is 3.63. The van der Waals surface area contributed by atoms with Crippen LogP contribution < -0.4 is 0 Å². The van der Waals surface area contributed by atoms with Gasteiger partial charge >= 0.3 is 0 Å². The van der Waals surface area contributed by atoms with Gasteiger partial charge in [-0.05, 0) is 151 Å². The fraction of sp³-hybridized carbons (Fsp3) is 0.186. The largest absolute Gasteiger partial charge is 0.456 e. The molecule has 0 radical (unpaired) electrons. The maximum Gasteiger partial charge on any atom is 0.135 e. The van der Waals surface area contributed by atoms with E-state index in [9.17, 15) is 0 Å². The molecule has 0 amide bonds. The molecule has 1 aromatic heterocycles. The quantitative estimate of drug-likeness (QED) is 0.173. The maximum absolute atomic E-state index is 5.79. The number of rotatable bonds is 4. The maximum atomic E-state index is 5.79. The molecule has 0 aliphatic rings. The predicted octanol–water partition coefficient (Wildman–Crippen LogP) is 17.8. The van der Waals surface area contributed by atoms with Gasteiger partial charge in [-0.1, -0.05) is 184 Å². The molecule has 0 aliphatic carbocycles. The minimum absolute atomic E-state index is 0.973. The third kappa shape index (κ3) is 11.0. The molecule has 0 unspecified atom stereocenters. The van der Waals surface area contributed by atoms with Crippen LogP contribution in [0.25, 0.3) is 66.4 Å². The molecular formula is C59H62O. The van der Waals surface area contributed by atoms with Crippen LogP contribution in [-0.2, 0) is 0 Å². The number of hydrogen-bond acceptors (Lipinski definition) is 1. The summed E-state index contributed by atoms with van der Waals surface area (Å²) in [6.45, 7) is 23.0. The highest BCUT2D eigenvalue weighted by molar-refractivity contribution is 6.05. The van der Waals surface area contributed by atoms with E-state index in [1.807, 2.05) is 39.8 Å². The monoisotopic (exact) mass is 786 g/mol. The molecule has 1 heterocycles. The van der Waals surface area contributed by atoms with Gasteiger partial charge in [-0.2, -0.15) is 0 Å². The van der Waals surface area contributed by atoms with E-state index in [0.29, 0.717) is 0 Å². The molecule has 0 fully saturated rings. The Morgan fingerprint density at radius 2 is 0.683 bits per heavy atom. The summed E-state index contributed by atoms with van der Waals surface area (Å²) >= 11 is 0. The second-order valence-electron chi connectivity index (χ2n) is 15.0. The Labute approximate surface area is 360 Å². The Morgan fingerprint density at radius 3 is 1.22 bits per heavy atom. The SMILES string of the molecule is CC.CC.Cc1ccc(-c2ccccc2)cc1.Cc1ccc2c(c1)oc1ccc(C)cc12.Cc1ccccc1-c1cc(-c2ccc(C)c(-c3ccccc3C)c2)ccc1C. The van der Waals surface area contributed by atoms with Crippen LogP contribution in [0.2, 0.25) is 0 Å². The number of benzene rings is 8. The van der Waals surface area contributed by atoms with Crippen LogP contribution >= 0.6 is 0 Å². The van der Waals surface area contributed by atoms with Crippen molar-refractivity contribution < 1.29 is 4.42 Å². The third-order valence-corrected chi connectivity index (χ3v) is 10.6. The van der Waals surface area contributed by atoms with Gasteiger partial charge in [0, 0.05) is 10.8 Å². The smallest absolute Gasteiger partial charge is 0.135 e. The lowest BCUT2D eigenvalue weighted by molar-refractivity contribution is 0.668. The van der Waals surface area contributed by atoms with Crippen LogP contribution in [0.5, 0.6) is 0 Å². The van der Waals surface area contributed by atoms with Crippen molar-refractivity contribution in [1.29, 1.82) is 0 Å². The van der Waals surface area contributed by atoms with Crippen LogP contribution in [-0.4, -0.2) is 0 Å². The van der Waals surface area contributed by atoms with E-state index in [0.717, 1.165) is 11.2 Å². The number of fused-ring (bicyclic) bond motifs is 3. The van der Waals surface area contributed by atoms with E-state index in [2.05, 4.69) is 212 Å². The first-order valence-electron chi connectivity index (χ1n) is 21.5. The zero-order valence-corrected chi connectivity index (χ0v) is 37.7. The van der Waals surface area contributed by atoms with Gasteiger partial charge in [-0.25, -0.2) is 0 Å². The van der Waals surface area contributed by atoms with E-state index in [1.165, 1.54) is 94.2 Å². The highest BCUT2D eigenvalue weighted by atomic mass is 16.3. The zero-order valence-electron chi connectivity index (χ0n) is 37.7. The summed E-state index contributed by atoms with van der Waals surface area (Å²) in [6, 6.07) is 62.6. The molecule has 8 aromatic carbocycles. The average molecular weight is 787 g/mol. The Hall–Kier alpha value is -6.44. The van der Waals surface area contributed by atoms with Gasteiger partial charge in [0.25, 0.3) is 0 Å². The minimum Gasteiger partial charge on any atom is -0.456 e. The van der Waals surface area contributed by atoms with Crippen molar-refractivity contribution in [3.05, 3.63) is 215 Å². The summed E-state index contributed by atoms with van der Waals surface area (Å²) in [4.78, 5) is 0. The molecule has 9 aromatic rings. The first-order chi connectivity index (χ1) is 29.1. The van der Waals surface area contributed by atoms with Crippen molar-refractivity contribution in [3.8, 4) is 44.5 Å². The molecule has 304 valence electrons. The number of furan rings is 1. The highest BCUT2D eigenvalue weighted by Gasteiger charge is 2.11. The Balaban J connectivity index is 0.000000179. The van der Waals surface area contributed by atoms with Gasteiger partial charge in [-0.15, -0.1) is 0 Å². The van der Waals surface area contributed by atoms with E-state index < -0.39 is 0 Å². The molecule has 1 heteroatoms. The van der Waals surface area contributed by atoms with Crippen LogP contribution in [0, 0.1) is 48.5 Å². The van der Waals surface area contributed by atoms with Crippen molar-refractivity contribution >= 4 is 21.9 Å². The molecular weight excluding hydrogens is 725 g/mol. The molecule has 0 N–H and O–H groups in total. The molecule has 0 saturated heterocycles. The molecule has 0 bridgehead atoms. The molecule has 1 nitrogen and oxygen atoms in total. The zero-order chi connectivity index (χ0) is 43.2. The van der Waals surface area contributed by atoms with Crippen LogP contribution in [0.1, 0.15) is 66.6 Å². The van der Waals surface area contributed by atoms with Crippen LogP contribution in [0.4, 0.5) is 0 Å². The van der Waals surface area contributed by atoms with E-state index >= 15 is 0 Å². The Bertz CT molecular complexity index is 2650. The van der Waals surface area contributed by atoms with Gasteiger partial charge in [0.2, 0.25) is 0 Å². The summed E-state index contributed by atoms with van der Waals surface area (Å²) in [5, 5.41) is 2.42. The van der Waals surface area contributed by atoms with Crippen molar-refractivity contribution in [2.75, 3.05) is 0 Å². The molecule has 9 rings (SSSR count). The van der Waals surface area contributed by atoms with Crippen molar-refractivity contribution in [3.63, 3.8) is 0 Å². The fourth-order valence-corrected chi connectivity index (χ4v) is 7.31. The Kier molecular flexibility index (Phi) is 16.0. The normalized spacial score (nSPS) is 10.2. The molecule has 60 heavy (non-hydrogen) atoms. The van der Waals surface area contributed by atoms with Crippen LogP contribution in [0.3, 0.4) is 0 Å². The highest BCUT2D eigenvalue weighted by Crippen LogP contribution is 2.35. The summed E-state index contributed by atoms with van der Waals surface area (Å²) in [5.41, 5.74) is 21.4. The first kappa shape index (κ1) is 44.7. The number of aryl methyl sites for hydroxylation is 7. The summed E-state index contributed by atoms with van der Waals surface area (Å²) in [6.07, 6.45) is 0. The Morgan fingerprint density at radius 1 is 0.267 bits per heavy atom. The lowest BCUT2D eigenvalue weighted by atomic mass is 9.90. The van der Waals surface area contributed by atoms with Gasteiger partial charge in [-0.3, -0.25) is 0 Å². The minimum atomic E-state index is 0.973. The predicted molar refractivity (Wildman–Crippen MR) is 264 cm³/mol.